The van der Waals surface area contributed by atoms with Crippen molar-refractivity contribution < 1.29 is 10.2 Å². The average molecular weight is 236 g/mol. The summed E-state index contributed by atoms with van der Waals surface area (Å²) in [5.74, 6) is 0.581. The molecule has 2 N–H and O–H groups in total. The Morgan fingerprint density at radius 3 is 2.29 bits per heavy atom. The van der Waals surface area contributed by atoms with Gasteiger partial charge in [-0.1, -0.05) is 43.7 Å². The van der Waals surface area contributed by atoms with Crippen LogP contribution in [0.15, 0.2) is 24.3 Å². The van der Waals surface area contributed by atoms with Crippen LogP contribution in [0, 0.1) is 12.8 Å². The van der Waals surface area contributed by atoms with Gasteiger partial charge in [0.15, 0.2) is 0 Å². The Balaban J connectivity index is 2.97. The molecular formula is C15H24O2. The Morgan fingerprint density at radius 1 is 1.18 bits per heavy atom. The summed E-state index contributed by atoms with van der Waals surface area (Å²) in [5.41, 5.74) is 1.72. The van der Waals surface area contributed by atoms with E-state index in [0.717, 1.165) is 18.4 Å². The summed E-state index contributed by atoms with van der Waals surface area (Å²) in [7, 11) is 0. The minimum Gasteiger partial charge on any atom is -0.395 e. The molecule has 96 valence electrons. The average Bonchev–Trinajstić information content (AvgIpc) is 2.31. The second-order valence-electron chi connectivity index (χ2n) is 5.40. The first-order chi connectivity index (χ1) is 8.04. The Hall–Kier alpha value is -0.860. The first-order valence-electron chi connectivity index (χ1n) is 6.33. The van der Waals surface area contributed by atoms with Crippen LogP contribution >= 0.6 is 0 Å². The highest BCUT2D eigenvalue weighted by molar-refractivity contribution is 5.30. The normalized spacial score (nSPS) is 12.1. The maximum Gasteiger partial charge on any atom is 0.0550 e. The number of hydrogen-bond acceptors (Lipinski definition) is 2. The van der Waals surface area contributed by atoms with E-state index >= 15 is 0 Å². The summed E-state index contributed by atoms with van der Waals surface area (Å²) in [6.45, 7) is 6.36. The maximum atomic E-state index is 9.67. The Bertz CT molecular complexity index is 341. The molecule has 17 heavy (non-hydrogen) atoms. The monoisotopic (exact) mass is 236 g/mol. The van der Waals surface area contributed by atoms with Crippen LogP contribution in [-0.4, -0.2) is 23.4 Å². The summed E-state index contributed by atoms with van der Waals surface area (Å²) < 4.78 is 0. The van der Waals surface area contributed by atoms with Crippen molar-refractivity contribution >= 4 is 0 Å². The highest BCUT2D eigenvalue weighted by Gasteiger charge is 2.30. The molecule has 0 bridgehead atoms. The zero-order valence-electron chi connectivity index (χ0n) is 11.1. The molecule has 0 saturated carbocycles. The van der Waals surface area contributed by atoms with Crippen LogP contribution < -0.4 is 0 Å². The van der Waals surface area contributed by atoms with Crippen molar-refractivity contribution in [3.05, 3.63) is 35.4 Å². The molecular weight excluding hydrogens is 212 g/mol. The Kier molecular flexibility index (Phi) is 5.16. The van der Waals surface area contributed by atoms with Crippen LogP contribution in [0.25, 0.3) is 0 Å². The minimum atomic E-state index is -0.490. The van der Waals surface area contributed by atoms with E-state index in [1.807, 2.05) is 25.1 Å². The van der Waals surface area contributed by atoms with Crippen molar-refractivity contribution in [2.75, 3.05) is 13.2 Å². The number of hydrogen-bond donors (Lipinski definition) is 2. The number of aliphatic hydroxyl groups excluding tert-OH is 2. The van der Waals surface area contributed by atoms with Crippen LogP contribution in [-0.2, 0) is 5.41 Å². The van der Waals surface area contributed by atoms with E-state index in [9.17, 15) is 10.2 Å². The van der Waals surface area contributed by atoms with Gasteiger partial charge < -0.3 is 10.2 Å². The fraction of sp³-hybridized carbons (Fsp3) is 0.600. The smallest absolute Gasteiger partial charge is 0.0550 e. The molecule has 0 radical (unpaired) electrons. The fourth-order valence-corrected chi connectivity index (χ4v) is 2.07. The molecule has 1 aromatic carbocycles. The minimum absolute atomic E-state index is 0.000324. The van der Waals surface area contributed by atoms with Gasteiger partial charge in [0.05, 0.1) is 13.2 Å². The summed E-state index contributed by atoms with van der Waals surface area (Å²) in [6, 6.07) is 8.08. The lowest BCUT2D eigenvalue weighted by molar-refractivity contribution is 0.104. The van der Waals surface area contributed by atoms with Crippen LogP contribution in [0.3, 0.4) is 0 Å². The fourth-order valence-electron chi connectivity index (χ4n) is 2.07. The first kappa shape index (κ1) is 14.2. The quantitative estimate of drug-likeness (QED) is 0.797. The van der Waals surface area contributed by atoms with E-state index in [2.05, 4.69) is 19.9 Å². The number of benzene rings is 1. The predicted octanol–water partition coefficient (Wildman–Crippen LogP) is 2.65. The van der Waals surface area contributed by atoms with Gasteiger partial charge >= 0.3 is 0 Å². The zero-order valence-corrected chi connectivity index (χ0v) is 11.1. The second-order valence-corrected chi connectivity index (χ2v) is 5.40. The molecule has 0 aliphatic heterocycles. The summed E-state index contributed by atoms with van der Waals surface area (Å²) in [6.07, 6.45) is 1.83. The third-order valence-electron chi connectivity index (χ3n) is 3.44. The molecule has 1 rings (SSSR count). The number of aryl methyl sites for hydroxylation is 1. The lowest BCUT2D eigenvalue weighted by Crippen LogP contribution is -2.35. The largest absolute Gasteiger partial charge is 0.395 e. The van der Waals surface area contributed by atoms with E-state index in [4.69, 9.17) is 0 Å². The maximum absolute atomic E-state index is 9.67. The van der Waals surface area contributed by atoms with E-state index in [-0.39, 0.29) is 13.2 Å². The van der Waals surface area contributed by atoms with Crippen molar-refractivity contribution in [1.82, 2.24) is 0 Å². The SMILES string of the molecule is Cc1cccc(C(CO)(CO)CCC(C)C)c1. The van der Waals surface area contributed by atoms with Crippen molar-refractivity contribution in [2.24, 2.45) is 5.92 Å². The lowest BCUT2D eigenvalue weighted by atomic mass is 9.76. The number of rotatable bonds is 6. The molecule has 1 aromatic rings. The van der Waals surface area contributed by atoms with E-state index in [1.54, 1.807) is 0 Å². The predicted molar refractivity (Wildman–Crippen MR) is 71.1 cm³/mol. The van der Waals surface area contributed by atoms with Crippen LogP contribution in [0.5, 0.6) is 0 Å². The topological polar surface area (TPSA) is 40.5 Å². The molecule has 2 heteroatoms. The van der Waals surface area contributed by atoms with Crippen molar-refractivity contribution in [2.45, 2.75) is 39.0 Å². The standard InChI is InChI=1S/C15H24O2/c1-12(2)7-8-15(10-16,11-17)14-6-4-5-13(3)9-14/h4-6,9,12,16-17H,7-8,10-11H2,1-3H3. The second kappa shape index (κ2) is 6.18. The number of aliphatic hydroxyl groups is 2. The van der Waals surface area contributed by atoms with Crippen LogP contribution in [0.1, 0.15) is 37.8 Å². The third-order valence-corrected chi connectivity index (χ3v) is 3.44. The Labute approximate surface area is 104 Å². The van der Waals surface area contributed by atoms with Gasteiger partial charge in [0.2, 0.25) is 0 Å². The lowest BCUT2D eigenvalue weighted by Gasteiger charge is -2.31. The zero-order chi connectivity index (χ0) is 12.9. The molecule has 0 saturated heterocycles. The van der Waals surface area contributed by atoms with Gasteiger partial charge in [-0.05, 0) is 31.2 Å². The molecule has 0 aliphatic carbocycles. The van der Waals surface area contributed by atoms with E-state index < -0.39 is 5.41 Å². The summed E-state index contributed by atoms with van der Waals surface area (Å²) >= 11 is 0. The molecule has 0 fully saturated rings. The highest BCUT2D eigenvalue weighted by Crippen LogP contribution is 2.30. The van der Waals surface area contributed by atoms with Crippen molar-refractivity contribution in [3.8, 4) is 0 Å². The summed E-state index contributed by atoms with van der Waals surface area (Å²) in [5, 5.41) is 19.3. The molecule has 2 nitrogen and oxygen atoms in total. The van der Waals surface area contributed by atoms with E-state index in [0.29, 0.717) is 5.92 Å². The first-order valence-corrected chi connectivity index (χ1v) is 6.33. The van der Waals surface area contributed by atoms with Gasteiger partial charge in [-0.25, -0.2) is 0 Å². The van der Waals surface area contributed by atoms with Gasteiger partial charge in [0, 0.05) is 5.41 Å². The third kappa shape index (κ3) is 3.55. The van der Waals surface area contributed by atoms with Crippen LogP contribution in [0.2, 0.25) is 0 Å². The van der Waals surface area contributed by atoms with E-state index in [1.165, 1.54) is 5.56 Å². The van der Waals surface area contributed by atoms with Gasteiger partial charge in [-0.3, -0.25) is 0 Å². The van der Waals surface area contributed by atoms with Crippen LogP contribution in [0.4, 0.5) is 0 Å². The highest BCUT2D eigenvalue weighted by atomic mass is 16.3. The van der Waals surface area contributed by atoms with Gasteiger partial charge in [0.1, 0.15) is 0 Å². The van der Waals surface area contributed by atoms with Gasteiger partial charge in [-0.15, -0.1) is 0 Å². The van der Waals surface area contributed by atoms with Crippen molar-refractivity contribution in [3.63, 3.8) is 0 Å². The molecule has 0 atom stereocenters. The molecule has 0 spiro atoms. The van der Waals surface area contributed by atoms with Crippen molar-refractivity contribution in [1.29, 1.82) is 0 Å². The Morgan fingerprint density at radius 2 is 1.82 bits per heavy atom. The summed E-state index contributed by atoms with van der Waals surface area (Å²) in [4.78, 5) is 0. The molecule has 0 amide bonds. The molecule has 0 aliphatic rings. The van der Waals surface area contributed by atoms with Gasteiger partial charge in [-0.2, -0.15) is 0 Å². The molecule has 0 unspecified atom stereocenters. The van der Waals surface area contributed by atoms with Gasteiger partial charge in [0.25, 0.3) is 0 Å². The molecule has 0 heterocycles. The molecule has 0 aromatic heterocycles.